The largest absolute Gasteiger partial charge is 0.449 e. The highest BCUT2D eigenvalue weighted by atomic mass is 32.1. The Balaban J connectivity index is 0.000000222. The Morgan fingerprint density at radius 3 is 1.68 bits per heavy atom. The van der Waals surface area contributed by atoms with Crippen LogP contribution in [0.2, 0.25) is 0 Å². The molecule has 13 rings (SSSR count). The molecule has 0 spiro atoms. The van der Waals surface area contributed by atoms with E-state index >= 15 is 0 Å². The molecule has 0 saturated heterocycles. The highest BCUT2D eigenvalue weighted by Gasteiger charge is 1.93. The number of nitrogens with one attached hydrogen (secondary N) is 2. The third-order valence-corrected chi connectivity index (χ3v) is 9.83. The van der Waals surface area contributed by atoms with Crippen LogP contribution in [0.5, 0.6) is 0 Å². The first-order valence-electron chi connectivity index (χ1n) is 22.4. The fourth-order valence-corrected chi connectivity index (χ4v) is 5.79. The lowest BCUT2D eigenvalue weighted by Gasteiger charge is -1.95. The summed E-state index contributed by atoms with van der Waals surface area (Å²) in [6.45, 7) is 20.6. The van der Waals surface area contributed by atoms with Crippen LogP contribution >= 0.6 is 34.2 Å². The number of hydrogen-bond donors (Lipinski definition) is 2. The third kappa shape index (κ3) is 30.1. The van der Waals surface area contributed by atoms with Crippen molar-refractivity contribution in [2.45, 2.75) is 76.2 Å². The van der Waals surface area contributed by atoms with Crippen LogP contribution in [0, 0.1) is 76.2 Å². The number of thiazole rings is 1. The first kappa shape index (κ1) is 61.2. The number of imidazole rings is 1. The van der Waals surface area contributed by atoms with Gasteiger partial charge in [0.1, 0.15) is 46.1 Å². The average Bonchev–Trinajstić information content (AvgIpc) is 4.24. The van der Waals surface area contributed by atoms with Gasteiger partial charge in [0.05, 0.1) is 33.4 Å². The minimum Gasteiger partial charge on any atom is -0.449 e. The van der Waals surface area contributed by atoms with Crippen LogP contribution in [0.4, 0.5) is 0 Å². The molecule has 0 unspecified atom stereocenters. The van der Waals surface area contributed by atoms with E-state index < -0.39 is 0 Å². The number of nitrogens with zero attached hydrogens (tertiary/aromatic N) is 18. The van der Waals surface area contributed by atoms with Gasteiger partial charge < -0.3 is 22.9 Å². The van der Waals surface area contributed by atoms with Crippen molar-refractivity contribution in [3.63, 3.8) is 0 Å². The molecule has 0 aliphatic rings. The number of benzene rings is 2. The number of para-hydroxylation sites is 3. The number of oxazole rings is 1. The van der Waals surface area contributed by atoms with E-state index in [-0.39, 0.29) is 0 Å². The average molecular weight is 1090 g/mol. The molecular formula is C49H58N20O4S3. The second-order valence-corrected chi connectivity index (χ2v) is 17.1. The molecule has 27 heteroatoms. The Hall–Kier alpha value is -9.08. The molecule has 0 aliphatic carbocycles. The molecule has 76 heavy (non-hydrogen) atoms. The van der Waals surface area contributed by atoms with Crippen LogP contribution in [-0.4, -0.2) is 100 Å². The quantitative estimate of drug-likeness (QED) is 0.142. The molecule has 0 radical (unpaired) electrons. The zero-order valence-corrected chi connectivity index (χ0v) is 46.1. The van der Waals surface area contributed by atoms with Crippen LogP contribution in [0.15, 0.2) is 158 Å². The van der Waals surface area contributed by atoms with Crippen molar-refractivity contribution >= 4 is 56.1 Å². The Morgan fingerprint density at radius 1 is 0.553 bits per heavy atom. The third-order valence-electron chi connectivity index (χ3n) is 7.93. The fourth-order valence-electron chi connectivity index (χ4n) is 4.56. The van der Waals surface area contributed by atoms with Gasteiger partial charge in [-0.25, -0.2) is 24.9 Å². The molecular weight excluding hydrogens is 1030 g/mol. The topological polar surface area (TPSA) is 316 Å². The lowest BCUT2D eigenvalue weighted by atomic mass is 10.2. The van der Waals surface area contributed by atoms with Crippen molar-refractivity contribution in [3.05, 3.63) is 202 Å². The van der Waals surface area contributed by atoms with E-state index in [0.29, 0.717) is 17.6 Å². The zero-order chi connectivity index (χ0) is 55.0. The van der Waals surface area contributed by atoms with Crippen molar-refractivity contribution in [2.24, 2.45) is 0 Å². The van der Waals surface area contributed by atoms with Crippen LogP contribution in [0.3, 0.4) is 0 Å². The van der Waals surface area contributed by atoms with E-state index in [0.717, 1.165) is 55.6 Å². The van der Waals surface area contributed by atoms with Gasteiger partial charge in [-0.05, 0) is 96.8 Å². The molecule has 2 N–H and O–H groups in total. The van der Waals surface area contributed by atoms with Gasteiger partial charge in [-0.1, -0.05) is 40.6 Å². The summed E-state index contributed by atoms with van der Waals surface area (Å²) in [5, 5.41) is 32.5. The Morgan fingerprint density at radius 2 is 1.33 bits per heavy atom. The maximum atomic E-state index is 4.72. The highest BCUT2D eigenvalue weighted by molar-refractivity contribution is 7.09. The van der Waals surface area contributed by atoms with E-state index in [9.17, 15) is 0 Å². The van der Waals surface area contributed by atoms with Gasteiger partial charge in [0.15, 0.2) is 18.0 Å². The normalized spacial score (nSPS) is 9.25. The molecule has 0 atom stereocenters. The summed E-state index contributed by atoms with van der Waals surface area (Å²) >= 11 is 4.60. The van der Waals surface area contributed by atoms with Crippen molar-refractivity contribution in [2.75, 3.05) is 0 Å². The van der Waals surface area contributed by atoms with Crippen LogP contribution in [0.25, 0.3) is 21.9 Å². The van der Waals surface area contributed by atoms with E-state index in [1.54, 1.807) is 98.6 Å². The molecule has 2 aromatic carbocycles. The molecule has 11 aromatic heterocycles. The lowest BCUT2D eigenvalue weighted by Crippen LogP contribution is -1.85. The summed E-state index contributed by atoms with van der Waals surface area (Å²) in [5.41, 5.74) is 8.60. The molecule has 13 aromatic rings. The summed E-state index contributed by atoms with van der Waals surface area (Å²) in [6.07, 6.45) is 17.6. The summed E-state index contributed by atoms with van der Waals surface area (Å²) in [7, 11) is 0. The molecule has 0 amide bonds. The molecule has 0 aliphatic heterocycles. The molecule has 0 bridgehead atoms. The molecule has 0 saturated carbocycles. The van der Waals surface area contributed by atoms with Crippen molar-refractivity contribution < 1.29 is 17.9 Å². The number of fused-ring (bicyclic) bond motifs is 2. The highest BCUT2D eigenvalue weighted by Crippen LogP contribution is 2.11. The van der Waals surface area contributed by atoms with Crippen molar-refractivity contribution in [1.29, 1.82) is 0 Å². The number of H-pyrrole nitrogens is 2. The summed E-state index contributed by atoms with van der Waals surface area (Å²) in [6, 6.07) is 18.1. The van der Waals surface area contributed by atoms with Crippen LogP contribution in [-0.2, 0) is 0 Å². The minimum absolute atomic E-state index is 0.606. The van der Waals surface area contributed by atoms with Crippen molar-refractivity contribution in [3.8, 4) is 0 Å². The van der Waals surface area contributed by atoms with Gasteiger partial charge in [0.2, 0.25) is 24.6 Å². The predicted octanol–water partition coefficient (Wildman–Crippen LogP) is 10.6. The zero-order valence-electron chi connectivity index (χ0n) is 43.7. The van der Waals surface area contributed by atoms with Gasteiger partial charge in [-0.15, -0.1) is 43.1 Å². The van der Waals surface area contributed by atoms with E-state index in [1.165, 1.54) is 47.9 Å². The number of pyridine rings is 1. The van der Waals surface area contributed by atoms with Gasteiger partial charge in [-0.3, -0.25) is 20.1 Å². The van der Waals surface area contributed by atoms with Gasteiger partial charge >= 0.3 is 0 Å². The molecule has 11 heterocycles. The first-order valence-corrected chi connectivity index (χ1v) is 25.0. The fraction of sp³-hybridized carbons (Fsp3) is 0.224. The van der Waals surface area contributed by atoms with E-state index in [4.69, 9.17) is 4.42 Å². The summed E-state index contributed by atoms with van der Waals surface area (Å²) in [4.78, 5) is 42.1. The number of hydrogen-bond acceptors (Lipinski definition) is 25. The number of aromatic amines is 2. The van der Waals surface area contributed by atoms with Crippen LogP contribution in [0.1, 0.15) is 62.2 Å². The van der Waals surface area contributed by atoms with Gasteiger partial charge in [0.25, 0.3) is 0 Å². The monoisotopic (exact) mass is 1090 g/mol. The summed E-state index contributed by atoms with van der Waals surface area (Å²) in [5.74, 6) is 5.29. The minimum atomic E-state index is 0.606. The van der Waals surface area contributed by atoms with Crippen molar-refractivity contribution in [1.82, 2.24) is 100 Å². The SMILES string of the molecule is Cc1cnc2ccccc2c1.Cc1cnc2ccccc2n1.Cc1ncc[nH]1.Cc1ncco1.Cc1nccs1.Cc1ncn[nH]1.Cc1ncno1.Cc1ncon1.Cc1ncsn1.Cc1nnco1.Cc1nncs1. The Kier molecular flexibility index (Phi) is 30.3. The maximum Gasteiger partial charge on any atom is 0.223 e. The number of aromatic nitrogens is 20. The van der Waals surface area contributed by atoms with E-state index in [2.05, 4.69) is 133 Å². The second kappa shape index (κ2) is 37.6. The molecule has 0 fully saturated rings. The predicted molar refractivity (Wildman–Crippen MR) is 290 cm³/mol. The molecule has 24 nitrogen and oxygen atoms in total. The lowest BCUT2D eigenvalue weighted by molar-refractivity contribution is 0.392. The van der Waals surface area contributed by atoms with Crippen LogP contribution < -0.4 is 0 Å². The first-order chi connectivity index (χ1) is 36.8. The van der Waals surface area contributed by atoms with Gasteiger partial charge in [0, 0.05) is 62.5 Å². The second-order valence-electron chi connectivity index (χ2n) is 14.4. The Labute approximate surface area is 450 Å². The van der Waals surface area contributed by atoms with Gasteiger partial charge in [-0.2, -0.15) is 19.4 Å². The number of aryl methyl sites for hydroxylation is 11. The maximum absolute atomic E-state index is 4.72. The summed E-state index contributed by atoms with van der Waals surface area (Å²) < 4.78 is 22.0. The standard InChI is InChI=1S/C10H9N.C9H8N2.C4H6N2.C4H5NO.C4H5NS.C3H5N3.3C3H4N2O.2C3H4N2S/c1-8-6-9-4-2-3-5-10(9)11-7-8;1-7-6-10-8-4-2-3-5-9(8)11-7;3*1-4-5-2-3-6-4;1-3-4-2-5-6-3;1-3-5-4-2-6-3;1-3-4-2-6-5-3;1-3-4-2-5-6-3;1-3-5-4-2-6-3;1-3-4-2-6-5-3/h2-7H,1H3;2-6H,1H3;2-3H,1H3,(H,5,6);2*2-3H,1H3;2H,1H3,(H,4,5,6);5*2H,1H3. The Bertz CT molecular complexity index is 2730. The number of rotatable bonds is 0. The van der Waals surface area contributed by atoms with E-state index in [1.807, 2.05) is 95.6 Å². The smallest absolute Gasteiger partial charge is 0.223 e. The molecule has 396 valence electrons.